The van der Waals surface area contributed by atoms with Gasteiger partial charge in [-0.3, -0.25) is 0 Å². The Morgan fingerprint density at radius 1 is 1.56 bits per heavy atom. The summed E-state index contributed by atoms with van der Waals surface area (Å²) >= 11 is 0. The normalized spacial score (nSPS) is 32.2. The maximum atomic E-state index is 3.83. The first-order chi connectivity index (χ1) is 4.27. The Hall–Kier alpha value is -0.720. The second-order valence-corrected chi connectivity index (χ2v) is 2.53. The van der Waals surface area contributed by atoms with Gasteiger partial charge in [0.15, 0.2) is 0 Å². The molecule has 0 aromatic heterocycles. The van der Waals surface area contributed by atoms with E-state index in [2.05, 4.69) is 25.2 Å². The lowest BCUT2D eigenvalue weighted by molar-refractivity contribution is 0.500. The highest BCUT2D eigenvalue weighted by molar-refractivity contribution is 5.18. The largest absolute Gasteiger partial charge is 0.382 e. The highest BCUT2D eigenvalue weighted by Gasteiger charge is 2.15. The molecule has 1 aliphatic rings. The molecule has 9 heavy (non-hydrogen) atoms. The van der Waals surface area contributed by atoms with Crippen LogP contribution in [0.2, 0.25) is 0 Å². The highest BCUT2D eigenvalue weighted by atomic mass is 14.9. The average Bonchev–Trinajstić information content (AvgIpc) is 1.90. The molecule has 1 atom stereocenters. The number of nitrogens with one attached hydrogen (secondary N) is 1. The Bertz CT molecular complexity index is 147. The van der Waals surface area contributed by atoms with Crippen molar-refractivity contribution in [2.45, 2.75) is 18.9 Å². The highest BCUT2D eigenvalue weighted by Crippen LogP contribution is 2.12. The van der Waals surface area contributed by atoms with Crippen LogP contribution in [0.25, 0.3) is 0 Å². The molecule has 1 unspecified atom stereocenters. The third kappa shape index (κ3) is 1.35. The number of dihydropyridines is 1. The van der Waals surface area contributed by atoms with E-state index in [-0.39, 0.29) is 5.54 Å². The monoisotopic (exact) mass is 122 g/mol. The minimum Gasteiger partial charge on any atom is -0.382 e. The van der Waals surface area contributed by atoms with E-state index in [4.69, 9.17) is 0 Å². The Morgan fingerprint density at radius 3 is 2.67 bits per heavy atom. The van der Waals surface area contributed by atoms with Gasteiger partial charge in [-0.25, -0.2) is 0 Å². The molecule has 0 fully saturated rings. The van der Waals surface area contributed by atoms with E-state index >= 15 is 0 Å². The topological polar surface area (TPSA) is 12.0 Å². The lowest BCUT2D eigenvalue weighted by Crippen LogP contribution is -2.37. The first kappa shape index (κ1) is 6.40. The van der Waals surface area contributed by atoms with Crippen molar-refractivity contribution in [3.63, 3.8) is 0 Å². The predicted molar refractivity (Wildman–Crippen MR) is 39.8 cm³/mol. The van der Waals surface area contributed by atoms with Crippen LogP contribution in [0.3, 0.4) is 0 Å². The van der Waals surface area contributed by atoms with Crippen LogP contribution >= 0.6 is 0 Å². The third-order valence-electron chi connectivity index (χ3n) is 1.60. The van der Waals surface area contributed by atoms with Crippen LogP contribution in [-0.4, -0.2) is 5.54 Å². The van der Waals surface area contributed by atoms with Gasteiger partial charge in [0.1, 0.15) is 0 Å². The van der Waals surface area contributed by atoms with Gasteiger partial charge >= 0.3 is 0 Å². The smallest absolute Gasteiger partial charge is 0.0525 e. The second-order valence-electron chi connectivity index (χ2n) is 2.53. The Morgan fingerprint density at radius 2 is 2.33 bits per heavy atom. The van der Waals surface area contributed by atoms with Gasteiger partial charge in [0.25, 0.3) is 0 Å². The van der Waals surface area contributed by atoms with Crippen LogP contribution in [0.4, 0.5) is 0 Å². The minimum absolute atomic E-state index is 0.0920. The maximum absolute atomic E-state index is 3.83. The van der Waals surface area contributed by atoms with Gasteiger partial charge in [-0.1, -0.05) is 19.1 Å². The van der Waals surface area contributed by atoms with E-state index in [9.17, 15) is 0 Å². The molecule has 1 nitrogen and oxygen atoms in total. The zero-order valence-electron chi connectivity index (χ0n) is 5.72. The summed E-state index contributed by atoms with van der Waals surface area (Å²) in [7, 11) is 0. The molecule has 0 amide bonds. The maximum Gasteiger partial charge on any atom is 0.0525 e. The van der Waals surface area contributed by atoms with Crippen LogP contribution in [0.15, 0.2) is 24.4 Å². The summed E-state index contributed by atoms with van der Waals surface area (Å²) in [6, 6.07) is 0. The quantitative estimate of drug-likeness (QED) is 0.557. The Labute approximate surface area is 56.5 Å². The van der Waals surface area contributed by atoms with E-state index in [1.165, 1.54) is 0 Å². The minimum atomic E-state index is 0.0920. The molecular formula is C8H12N. The zero-order chi connectivity index (χ0) is 6.74. The number of rotatable bonds is 1. The lowest BCUT2D eigenvalue weighted by Gasteiger charge is -2.26. The van der Waals surface area contributed by atoms with Gasteiger partial charge in [0.2, 0.25) is 0 Å². The molecule has 1 N–H and O–H groups in total. The second kappa shape index (κ2) is 2.26. The summed E-state index contributed by atoms with van der Waals surface area (Å²) in [5, 5.41) is 3.22. The molecule has 0 saturated heterocycles. The summed E-state index contributed by atoms with van der Waals surface area (Å²) in [6.07, 6.45) is 8.98. The van der Waals surface area contributed by atoms with Crippen molar-refractivity contribution >= 4 is 0 Å². The summed E-state index contributed by atoms with van der Waals surface area (Å²) in [6.45, 7) is 5.96. The van der Waals surface area contributed by atoms with Gasteiger partial charge in [0, 0.05) is 0 Å². The molecular weight excluding hydrogens is 110 g/mol. The van der Waals surface area contributed by atoms with Gasteiger partial charge in [-0.05, 0) is 25.6 Å². The van der Waals surface area contributed by atoms with Gasteiger partial charge in [0.05, 0.1) is 5.54 Å². The van der Waals surface area contributed by atoms with Crippen LogP contribution in [0, 0.1) is 6.92 Å². The Kier molecular flexibility index (Phi) is 1.60. The van der Waals surface area contributed by atoms with E-state index < -0.39 is 0 Å². The molecule has 0 bridgehead atoms. The van der Waals surface area contributed by atoms with Crippen molar-refractivity contribution in [1.29, 1.82) is 0 Å². The van der Waals surface area contributed by atoms with E-state index in [0.29, 0.717) is 0 Å². The third-order valence-corrected chi connectivity index (χ3v) is 1.60. The van der Waals surface area contributed by atoms with Gasteiger partial charge in [-0.15, -0.1) is 0 Å². The predicted octanol–water partition coefficient (Wildman–Crippen LogP) is 1.64. The molecule has 0 saturated carbocycles. The standard InChI is InChI=1S/C8H12N/c1-3-8(2)6-4-5-7-9-8/h4-7,9H,1,3H2,2H3. The molecule has 0 aromatic rings. The Balaban J connectivity index is 2.63. The molecule has 1 radical (unpaired) electrons. The lowest BCUT2D eigenvalue weighted by atomic mass is 9.97. The van der Waals surface area contributed by atoms with Crippen LogP contribution in [0.5, 0.6) is 0 Å². The summed E-state index contributed by atoms with van der Waals surface area (Å²) < 4.78 is 0. The molecule has 1 rings (SSSR count). The summed E-state index contributed by atoms with van der Waals surface area (Å²) in [4.78, 5) is 0. The van der Waals surface area contributed by atoms with Crippen molar-refractivity contribution in [2.24, 2.45) is 0 Å². The molecule has 1 heteroatoms. The molecule has 1 aliphatic heterocycles. The van der Waals surface area contributed by atoms with Crippen molar-refractivity contribution in [2.75, 3.05) is 0 Å². The molecule has 1 heterocycles. The van der Waals surface area contributed by atoms with Crippen molar-refractivity contribution in [3.05, 3.63) is 31.4 Å². The number of hydrogen-bond acceptors (Lipinski definition) is 1. The average molecular weight is 122 g/mol. The van der Waals surface area contributed by atoms with Crippen molar-refractivity contribution < 1.29 is 0 Å². The first-order valence-corrected chi connectivity index (χ1v) is 3.18. The fourth-order valence-electron chi connectivity index (χ4n) is 0.766. The van der Waals surface area contributed by atoms with Crippen LogP contribution in [-0.2, 0) is 0 Å². The first-order valence-electron chi connectivity index (χ1n) is 3.18. The van der Waals surface area contributed by atoms with E-state index in [0.717, 1.165) is 6.42 Å². The molecule has 49 valence electrons. The van der Waals surface area contributed by atoms with E-state index in [1.54, 1.807) is 0 Å². The fourth-order valence-corrected chi connectivity index (χ4v) is 0.766. The van der Waals surface area contributed by atoms with Crippen LogP contribution in [0.1, 0.15) is 13.3 Å². The van der Waals surface area contributed by atoms with Gasteiger partial charge < -0.3 is 5.32 Å². The molecule has 0 aromatic carbocycles. The van der Waals surface area contributed by atoms with Crippen molar-refractivity contribution in [3.8, 4) is 0 Å². The van der Waals surface area contributed by atoms with Crippen molar-refractivity contribution in [1.82, 2.24) is 5.32 Å². The fraction of sp³-hybridized carbons (Fsp3) is 0.375. The SMILES string of the molecule is [CH2]CC1(C)C=CC=CN1. The summed E-state index contributed by atoms with van der Waals surface area (Å²) in [5.74, 6) is 0. The van der Waals surface area contributed by atoms with E-state index in [1.807, 2.05) is 18.4 Å². The molecule has 0 aliphatic carbocycles. The summed E-state index contributed by atoms with van der Waals surface area (Å²) in [5.41, 5.74) is 0.0920. The van der Waals surface area contributed by atoms with Gasteiger partial charge in [-0.2, -0.15) is 0 Å². The number of hydrogen-bond donors (Lipinski definition) is 1. The zero-order valence-corrected chi connectivity index (χ0v) is 5.72. The van der Waals surface area contributed by atoms with Crippen LogP contribution < -0.4 is 5.32 Å². The molecule has 0 spiro atoms. The number of allylic oxidation sites excluding steroid dienone is 2.